The summed E-state index contributed by atoms with van der Waals surface area (Å²) in [5.41, 5.74) is 5.18. The molecule has 48 heavy (non-hydrogen) atoms. The highest BCUT2D eigenvalue weighted by Gasteiger charge is 2.39. The fourth-order valence-electron chi connectivity index (χ4n) is 5.62. The summed E-state index contributed by atoms with van der Waals surface area (Å²) in [4.78, 5) is 86.2. The molecule has 2 aliphatic heterocycles. The Morgan fingerprint density at radius 2 is 0.771 bits per heavy atom. The number of benzene rings is 2. The highest BCUT2D eigenvalue weighted by molar-refractivity contribution is 6.31. The van der Waals surface area contributed by atoms with Crippen LogP contribution in [-0.4, -0.2) is 93.4 Å². The number of hydrogen-bond donors (Lipinski definition) is 2. The van der Waals surface area contributed by atoms with Gasteiger partial charge in [0.1, 0.15) is 11.1 Å². The van der Waals surface area contributed by atoms with E-state index in [9.17, 15) is 28.8 Å². The van der Waals surface area contributed by atoms with Crippen LogP contribution in [0.2, 0.25) is 0 Å². The Morgan fingerprint density at radius 3 is 1.08 bits per heavy atom. The van der Waals surface area contributed by atoms with Gasteiger partial charge in [0.2, 0.25) is 0 Å². The molecule has 8 amide bonds. The van der Waals surface area contributed by atoms with Gasteiger partial charge in [-0.25, -0.2) is 9.59 Å². The maximum Gasteiger partial charge on any atom is 0.333 e. The number of aromatic nitrogens is 2. The van der Waals surface area contributed by atoms with Crippen molar-refractivity contribution < 1.29 is 28.8 Å². The first-order valence-electron chi connectivity index (χ1n) is 14.8. The van der Waals surface area contributed by atoms with Gasteiger partial charge in [-0.05, 0) is 47.5 Å². The number of nitrogens with one attached hydrogen (secondary N) is 2. The largest absolute Gasteiger partial charge is 0.355 e. The molecule has 12 heteroatoms. The molecule has 0 atom stereocenters. The third-order valence-corrected chi connectivity index (χ3v) is 8.22. The Hall–Kier alpha value is -6.56. The summed E-state index contributed by atoms with van der Waals surface area (Å²) < 4.78 is 0. The molecule has 4 aromatic rings. The van der Waals surface area contributed by atoms with E-state index < -0.39 is 35.7 Å². The number of H-pyrrole nitrogens is 2. The number of rotatable bonds is 6. The van der Waals surface area contributed by atoms with E-state index in [4.69, 9.17) is 0 Å². The van der Waals surface area contributed by atoms with E-state index in [-0.39, 0.29) is 11.1 Å². The van der Waals surface area contributed by atoms with Crippen LogP contribution in [0.1, 0.15) is 33.9 Å². The molecule has 0 unspecified atom stereocenters. The Balaban J connectivity index is 1.51. The zero-order chi connectivity index (χ0) is 34.3. The summed E-state index contributed by atoms with van der Waals surface area (Å²) in [6, 6.07) is 25.0. The van der Waals surface area contributed by atoms with Crippen LogP contribution < -0.4 is 0 Å². The average Bonchev–Trinajstić information content (AvgIpc) is 3.77. The average molecular weight is 643 g/mol. The number of imide groups is 4. The van der Waals surface area contributed by atoms with Gasteiger partial charge in [-0.15, -0.1) is 0 Å². The normalized spacial score (nSPS) is 16.2. The fourth-order valence-corrected chi connectivity index (χ4v) is 5.62. The lowest BCUT2D eigenvalue weighted by Crippen LogP contribution is -2.52. The number of hydrogen-bond acceptors (Lipinski definition) is 6. The molecule has 0 aliphatic carbocycles. The monoisotopic (exact) mass is 642 g/mol. The minimum absolute atomic E-state index is 0.159. The van der Waals surface area contributed by atoms with E-state index in [2.05, 4.69) is 9.97 Å². The first kappa shape index (κ1) is 31.4. The van der Waals surface area contributed by atoms with Gasteiger partial charge < -0.3 is 9.97 Å². The zero-order valence-electron chi connectivity index (χ0n) is 26.5. The topological polar surface area (TPSA) is 147 Å². The molecule has 240 valence electrons. The standard InChI is InChI=1S/C36H30N6O6/c1-39-31(43)25(32(44)40(2)35(39)47)19-23-15-17-27(37-23)29(21-11-7-5-8-12-21)30(22-13-9-6-10-14-22)28-18-16-24(38-28)20-26-33(45)41(3)36(48)42(4)34(26)46/h5-20,37-38H,1-4H3/b30-29+. The van der Waals surface area contributed by atoms with Crippen molar-refractivity contribution in [3.05, 3.63) is 130 Å². The minimum Gasteiger partial charge on any atom is -0.355 e. The molecule has 0 saturated carbocycles. The SMILES string of the molecule is CN1C(=O)C(=Cc2ccc(/C(=C(\c3ccccc3)c3ccc(C=C4C(=O)N(C)C(=O)N(C)C4=O)[nH]3)c3ccccc3)[nH]2)C(=O)N(C)C1=O. The summed E-state index contributed by atoms with van der Waals surface area (Å²) in [5, 5.41) is 0. The van der Waals surface area contributed by atoms with Crippen LogP contribution in [0.4, 0.5) is 9.59 Å². The molecule has 0 radical (unpaired) electrons. The van der Waals surface area contributed by atoms with E-state index in [0.717, 1.165) is 41.9 Å². The molecule has 2 aliphatic rings. The molecule has 0 spiro atoms. The van der Waals surface area contributed by atoms with Crippen LogP contribution in [0.3, 0.4) is 0 Å². The maximum atomic E-state index is 12.9. The summed E-state index contributed by atoms with van der Waals surface area (Å²) in [7, 11) is 5.28. The van der Waals surface area contributed by atoms with Gasteiger partial charge >= 0.3 is 12.1 Å². The van der Waals surface area contributed by atoms with Crippen molar-refractivity contribution in [1.29, 1.82) is 0 Å². The van der Waals surface area contributed by atoms with Crippen molar-refractivity contribution in [2.75, 3.05) is 28.2 Å². The lowest BCUT2D eigenvalue weighted by Gasteiger charge is -2.28. The fraction of sp³-hybridized carbons (Fsp3) is 0.111. The molecule has 2 aromatic heterocycles. The van der Waals surface area contributed by atoms with Crippen molar-refractivity contribution in [3.63, 3.8) is 0 Å². The van der Waals surface area contributed by atoms with Crippen molar-refractivity contribution >= 4 is 59.0 Å². The van der Waals surface area contributed by atoms with Crippen LogP contribution in [0.25, 0.3) is 23.3 Å². The Kier molecular flexibility index (Phi) is 8.07. The van der Waals surface area contributed by atoms with E-state index in [0.29, 0.717) is 22.8 Å². The molecule has 2 aromatic carbocycles. The second-order valence-electron chi connectivity index (χ2n) is 11.3. The Labute approximate surface area is 275 Å². The molecule has 2 saturated heterocycles. The molecule has 0 bridgehead atoms. The summed E-state index contributed by atoms with van der Waals surface area (Å²) >= 11 is 0. The number of amides is 8. The number of likely N-dealkylation sites (N-methyl/N-ethyl adjacent to an activating group) is 4. The lowest BCUT2D eigenvalue weighted by molar-refractivity contribution is -0.135. The quantitative estimate of drug-likeness (QED) is 0.183. The highest BCUT2D eigenvalue weighted by atomic mass is 16.2. The van der Waals surface area contributed by atoms with Gasteiger partial charge in [0.05, 0.1) is 0 Å². The van der Waals surface area contributed by atoms with Gasteiger partial charge in [0, 0.05) is 62.1 Å². The number of urea groups is 2. The molecule has 6 rings (SSSR count). The molecule has 2 N–H and O–H groups in total. The summed E-state index contributed by atoms with van der Waals surface area (Å²) in [6.07, 6.45) is 2.85. The van der Waals surface area contributed by atoms with Gasteiger partial charge in [-0.1, -0.05) is 60.7 Å². The van der Waals surface area contributed by atoms with Gasteiger partial charge in [-0.2, -0.15) is 0 Å². The lowest BCUT2D eigenvalue weighted by atomic mass is 9.90. The molecule has 12 nitrogen and oxygen atoms in total. The third-order valence-electron chi connectivity index (χ3n) is 8.22. The smallest absolute Gasteiger partial charge is 0.333 e. The number of aromatic amines is 2. The summed E-state index contributed by atoms with van der Waals surface area (Å²) in [5.74, 6) is -2.80. The Morgan fingerprint density at radius 1 is 0.458 bits per heavy atom. The van der Waals surface area contributed by atoms with Crippen molar-refractivity contribution in [1.82, 2.24) is 29.6 Å². The summed E-state index contributed by atoms with van der Waals surface area (Å²) in [6.45, 7) is 0. The third kappa shape index (κ3) is 5.45. The van der Waals surface area contributed by atoms with E-state index >= 15 is 0 Å². The van der Waals surface area contributed by atoms with E-state index in [1.54, 1.807) is 12.1 Å². The number of carbonyl (C=O) groups is 6. The van der Waals surface area contributed by atoms with Crippen LogP contribution in [0.15, 0.2) is 96.1 Å². The van der Waals surface area contributed by atoms with Gasteiger partial charge in [-0.3, -0.25) is 38.8 Å². The second kappa shape index (κ2) is 12.3. The number of nitrogens with zero attached hydrogens (tertiary/aromatic N) is 4. The highest BCUT2D eigenvalue weighted by Crippen LogP contribution is 2.36. The predicted molar refractivity (Wildman–Crippen MR) is 177 cm³/mol. The van der Waals surface area contributed by atoms with Gasteiger partial charge in [0.15, 0.2) is 0 Å². The van der Waals surface area contributed by atoms with Crippen molar-refractivity contribution in [2.45, 2.75) is 0 Å². The second-order valence-corrected chi connectivity index (χ2v) is 11.3. The molecule has 4 heterocycles. The zero-order valence-corrected chi connectivity index (χ0v) is 26.5. The predicted octanol–water partition coefficient (Wildman–Crippen LogP) is 4.22. The van der Waals surface area contributed by atoms with Crippen molar-refractivity contribution in [2.24, 2.45) is 0 Å². The number of carbonyl (C=O) groups excluding carboxylic acids is 6. The molecular weight excluding hydrogens is 612 g/mol. The van der Waals surface area contributed by atoms with Crippen LogP contribution in [-0.2, 0) is 19.2 Å². The van der Waals surface area contributed by atoms with E-state index in [1.807, 2.05) is 72.8 Å². The molecular formula is C36H30N6O6. The first-order chi connectivity index (χ1) is 23.0. The van der Waals surface area contributed by atoms with Crippen LogP contribution in [0.5, 0.6) is 0 Å². The van der Waals surface area contributed by atoms with Gasteiger partial charge in [0.25, 0.3) is 23.6 Å². The molecule has 2 fully saturated rings. The Bertz CT molecular complexity index is 1900. The maximum absolute atomic E-state index is 12.9. The van der Waals surface area contributed by atoms with Crippen LogP contribution >= 0.6 is 0 Å². The van der Waals surface area contributed by atoms with Crippen LogP contribution in [0, 0.1) is 0 Å². The van der Waals surface area contributed by atoms with Crippen molar-refractivity contribution in [3.8, 4) is 0 Å². The first-order valence-corrected chi connectivity index (χ1v) is 14.8. The van der Waals surface area contributed by atoms with E-state index in [1.165, 1.54) is 40.3 Å². The number of barbiturate groups is 2. The minimum atomic E-state index is -0.707.